The molecule has 0 spiro atoms. The molecule has 2 rings (SSSR count). The highest BCUT2D eigenvalue weighted by Crippen LogP contribution is 2.23. The van der Waals surface area contributed by atoms with E-state index in [1.807, 2.05) is 12.1 Å². The lowest BCUT2D eigenvalue weighted by molar-refractivity contribution is 0.152. The molecule has 106 valence electrons. The quantitative estimate of drug-likeness (QED) is 0.886. The average molecular weight is 262 g/mol. The van der Waals surface area contributed by atoms with E-state index in [0.717, 1.165) is 12.3 Å². The molecule has 0 aromatic heterocycles. The smallest absolute Gasteiger partial charge is 0.118 e. The summed E-state index contributed by atoms with van der Waals surface area (Å²) in [5.41, 5.74) is 7.30. The van der Waals surface area contributed by atoms with E-state index in [9.17, 15) is 0 Å². The molecular weight excluding hydrogens is 236 g/mol. The monoisotopic (exact) mass is 262 g/mol. The minimum absolute atomic E-state index is 0.423. The summed E-state index contributed by atoms with van der Waals surface area (Å²) in [6, 6.07) is 9.03. The van der Waals surface area contributed by atoms with Crippen LogP contribution < -0.4 is 10.5 Å². The highest BCUT2D eigenvalue weighted by molar-refractivity contribution is 5.29. The lowest BCUT2D eigenvalue weighted by Crippen LogP contribution is -2.41. The first kappa shape index (κ1) is 14.4. The Morgan fingerprint density at radius 3 is 2.63 bits per heavy atom. The third-order valence-electron chi connectivity index (χ3n) is 4.27. The third kappa shape index (κ3) is 3.71. The Balaban J connectivity index is 2.01. The molecule has 1 fully saturated rings. The van der Waals surface area contributed by atoms with Crippen molar-refractivity contribution in [2.75, 3.05) is 26.7 Å². The van der Waals surface area contributed by atoms with Gasteiger partial charge in [-0.05, 0) is 44.0 Å². The van der Waals surface area contributed by atoms with E-state index in [2.05, 4.69) is 24.0 Å². The molecule has 2 atom stereocenters. The Kier molecular flexibility index (Phi) is 5.23. The first-order chi connectivity index (χ1) is 9.24. The predicted octanol–water partition coefficient (Wildman–Crippen LogP) is 2.61. The van der Waals surface area contributed by atoms with Crippen LogP contribution in [0.2, 0.25) is 0 Å². The molecule has 1 aliphatic rings. The van der Waals surface area contributed by atoms with E-state index in [0.29, 0.717) is 18.5 Å². The maximum absolute atomic E-state index is 5.98. The van der Waals surface area contributed by atoms with Crippen molar-refractivity contribution in [1.82, 2.24) is 4.90 Å². The largest absolute Gasteiger partial charge is 0.497 e. The van der Waals surface area contributed by atoms with Crippen molar-refractivity contribution in [3.63, 3.8) is 0 Å². The Morgan fingerprint density at radius 1 is 1.32 bits per heavy atom. The van der Waals surface area contributed by atoms with Gasteiger partial charge in [0, 0.05) is 25.0 Å². The van der Waals surface area contributed by atoms with E-state index in [1.54, 1.807) is 7.11 Å². The van der Waals surface area contributed by atoms with Gasteiger partial charge in [0.15, 0.2) is 0 Å². The van der Waals surface area contributed by atoms with Crippen molar-refractivity contribution in [2.45, 2.75) is 38.1 Å². The van der Waals surface area contributed by atoms with Crippen molar-refractivity contribution in [2.24, 2.45) is 5.73 Å². The normalized spacial score (nSPS) is 22.2. The SMILES string of the molecule is COc1ccc(C(CN)CN2CCCCC2C)cc1. The van der Waals surface area contributed by atoms with Crippen LogP contribution >= 0.6 is 0 Å². The second-order valence-electron chi connectivity index (χ2n) is 5.55. The number of likely N-dealkylation sites (tertiary alicyclic amines) is 1. The summed E-state index contributed by atoms with van der Waals surface area (Å²) in [5, 5.41) is 0. The molecule has 2 N–H and O–H groups in total. The van der Waals surface area contributed by atoms with Crippen LogP contribution in [0.5, 0.6) is 5.75 Å². The summed E-state index contributed by atoms with van der Waals surface area (Å²) in [6.45, 7) is 5.33. The van der Waals surface area contributed by atoms with Crippen molar-refractivity contribution < 1.29 is 4.74 Å². The van der Waals surface area contributed by atoms with Gasteiger partial charge in [0.1, 0.15) is 5.75 Å². The molecule has 0 amide bonds. The Bertz CT molecular complexity index is 377. The number of benzene rings is 1. The lowest BCUT2D eigenvalue weighted by atomic mass is 9.95. The molecule has 0 radical (unpaired) electrons. The van der Waals surface area contributed by atoms with Crippen LogP contribution in [0, 0.1) is 0 Å². The van der Waals surface area contributed by atoms with Gasteiger partial charge in [0.25, 0.3) is 0 Å². The number of ether oxygens (including phenoxy) is 1. The van der Waals surface area contributed by atoms with Crippen molar-refractivity contribution in [3.05, 3.63) is 29.8 Å². The second kappa shape index (κ2) is 6.92. The van der Waals surface area contributed by atoms with Gasteiger partial charge in [-0.1, -0.05) is 18.6 Å². The summed E-state index contributed by atoms with van der Waals surface area (Å²) in [4.78, 5) is 2.59. The molecule has 3 nitrogen and oxygen atoms in total. The third-order valence-corrected chi connectivity index (χ3v) is 4.27. The average Bonchev–Trinajstić information content (AvgIpc) is 2.47. The summed E-state index contributed by atoms with van der Waals surface area (Å²) in [5.74, 6) is 1.33. The van der Waals surface area contributed by atoms with Crippen LogP contribution in [0.25, 0.3) is 0 Å². The lowest BCUT2D eigenvalue weighted by Gasteiger charge is -2.35. The fourth-order valence-corrected chi connectivity index (χ4v) is 2.90. The maximum Gasteiger partial charge on any atom is 0.118 e. The van der Waals surface area contributed by atoms with Gasteiger partial charge >= 0.3 is 0 Å². The van der Waals surface area contributed by atoms with E-state index in [-0.39, 0.29) is 0 Å². The number of rotatable bonds is 5. The van der Waals surface area contributed by atoms with Crippen LogP contribution in [-0.2, 0) is 0 Å². The van der Waals surface area contributed by atoms with E-state index in [1.165, 1.54) is 31.4 Å². The first-order valence-corrected chi connectivity index (χ1v) is 7.32. The van der Waals surface area contributed by atoms with Gasteiger partial charge in [0.2, 0.25) is 0 Å². The van der Waals surface area contributed by atoms with Crippen LogP contribution in [0.1, 0.15) is 37.7 Å². The second-order valence-corrected chi connectivity index (χ2v) is 5.55. The first-order valence-electron chi connectivity index (χ1n) is 7.32. The molecule has 0 saturated carbocycles. The Hall–Kier alpha value is -1.06. The van der Waals surface area contributed by atoms with Crippen LogP contribution in [-0.4, -0.2) is 37.7 Å². The zero-order valence-electron chi connectivity index (χ0n) is 12.1. The van der Waals surface area contributed by atoms with Crippen molar-refractivity contribution in [1.29, 1.82) is 0 Å². The molecule has 19 heavy (non-hydrogen) atoms. The van der Waals surface area contributed by atoms with Gasteiger partial charge < -0.3 is 15.4 Å². The fourth-order valence-electron chi connectivity index (χ4n) is 2.90. The molecule has 2 unspecified atom stereocenters. The van der Waals surface area contributed by atoms with Gasteiger partial charge in [-0.15, -0.1) is 0 Å². The van der Waals surface area contributed by atoms with Gasteiger partial charge in [-0.25, -0.2) is 0 Å². The predicted molar refractivity (Wildman–Crippen MR) is 79.7 cm³/mol. The number of nitrogens with two attached hydrogens (primary N) is 1. The van der Waals surface area contributed by atoms with E-state index < -0.39 is 0 Å². The molecule has 1 saturated heterocycles. The summed E-state index contributed by atoms with van der Waals surface area (Å²) in [7, 11) is 1.70. The molecule has 0 aliphatic carbocycles. The number of piperidine rings is 1. The van der Waals surface area contributed by atoms with Crippen LogP contribution in [0.3, 0.4) is 0 Å². The number of hydrogen-bond acceptors (Lipinski definition) is 3. The van der Waals surface area contributed by atoms with Crippen LogP contribution in [0.4, 0.5) is 0 Å². The minimum Gasteiger partial charge on any atom is -0.497 e. The molecule has 1 aromatic rings. The molecule has 3 heteroatoms. The summed E-state index contributed by atoms with van der Waals surface area (Å²) >= 11 is 0. The summed E-state index contributed by atoms with van der Waals surface area (Å²) < 4.78 is 5.21. The van der Waals surface area contributed by atoms with Gasteiger partial charge in [0.05, 0.1) is 7.11 Å². The number of hydrogen-bond donors (Lipinski definition) is 1. The summed E-state index contributed by atoms with van der Waals surface area (Å²) in [6.07, 6.45) is 4.01. The minimum atomic E-state index is 0.423. The number of methoxy groups -OCH3 is 1. The van der Waals surface area contributed by atoms with E-state index >= 15 is 0 Å². The molecular formula is C16H26N2O. The Labute approximate surface area is 116 Å². The van der Waals surface area contributed by atoms with Gasteiger partial charge in [-0.2, -0.15) is 0 Å². The molecule has 1 heterocycles. The maximum atomic E-state index is 5.98. The molecule has 1 aliphatic heterocycles. The standard InChI is InChI=1S/C16H26N2O/c1-13-5-3-4-10-18(13)12-15(11-17)14-6-8-16(19-2)9-7-14/h6-9,13,15H,3-5,10-12,17H2,1-2H3. The number of nitrogens with zero attached hydrogens (tertiary/aromatic N) is 1. The molecule has 1 aromatic carbocycles. The van der Waals surface area contributed by atoms with E-state index in [4.69, 9.17) is 10.5 Å². The highest BCUT2D eigenvalue weighted by Gasteiger charge is 2.21. The van der Waals surface area contributed by atoms with Gasteiger partial charge in [-0.3, -0.25) is 0 Å². The van der Waals surface area contributed by atoms with Crippen molar-refractivity contribution in [3.8, 4) is 5.75 Å². The highest BCUT2D eigenvalue weighted by atomic mass is 16.5. The van der Waals surface area contributed by atoms with Crippen molar-refractivity contribution >= 4 is 0 Å². The topological polar surface area (TPSA) is 38.5 Å². The zero-order valence-corrected chi connectivity index (χ0v) is 12.1. The molecule has 0 bridgehead atoms. The van der Waals surface area contributed by atoms with Crippen LogP contribution in [0.15, 0.2) is 24.3 Å². The fraction of sp³-hybridized carbons (Fsp3) is 0.625. The Morgan fingerprint density at radius 2 is 2.05 bits per heavy atom. The zero-order chi connectivity index (χ0) is 13.7.